The molecule has 0 bridgehead atoms. The molecule has 1 aromatic carbocycles. The number of carbonyl (C=O) groups is 1. The molecule has 26 heavy (non-hydrogen) atoms. The van der Waals surface area contributed by atoms with Crippen LogP contribution in [0.5, 0.6) is 11.5 Å². The Morgan fingerprint density at radius 1 is 1.35 bits per heavy atom. The van der Waals surface area contributed by atoms with Gasteiger partial charge in [0.05, 0.1) is 31.3 Å². The summed E-state index contributed by atoms with van der Waals surface area (Å²) in [6, 6.07) is 2.88. The van der Waals surface area contributed by atoms with Crippen molar-refractivity contribution < 1.29 is 23.9 Å². The molecule has 0 radical (unpaired) electrons. The number of nitrogens with one attached hydrogen (secondary N) is 1. The number of carbonyl (C=O) groups excluding carboxylic acids is 1. The molecule has 3 N–H and O–H groups in total. The predicted octanol–water partition coefficient (Wildman–Crippen LogP) is 1.20. The second kappa shape index (κ2) is 10.1. The molecule has 9 nitrogen and oxygen atoms in total. The van der Waals surface area contributed by atoms with E-state index in [0.29, 0.717) is 24.3 Å². The monoisotopic (exact) mass is 389 g/mol. The van der Waals surface area contributed by atoms with Gasteiger partial charge in [0.2, 0.25) is 5.91 Å². The van der Waals surface area contributed by atoms with Gasteiger partial charge < -0.3 is 25.3 Å². The molecule has 0 aliphatic carbocycles. The molecule has 1 fully saturated rings. The standard InChI is InChI=1S/C16H23N3O6.ClH/c1-23-14-7-10(12(19(21)22)8-15(14)24-2)5-6-18-16(20)13-4-3-11(9-17)25-13;/h7-8,11,13H,3-6,9,17H2,1-2H3,(H,18,20);1H/t11-,13+;/m1./s1. The van der Waals surface area contributed by atoms with Crippen LogP contribution in [0.25, 0.3) is 0 Å². The molecule has 0 unspecified atom stereocenters. The lowest BCUT2D eigenvalue weighted by Gasteiger charge is -2.13. The van der Waals surface area contributed by atoms with Crippen LogP contribution in [-0.2, 0) is 16.0 Å². The zero-order valence-electron chi connectivity index (χ0n) is 14.7. The molecule has 0 saturated carbocycles. The first-order valence-corrected chi connectivity index (χ1v) is 8.02. The molecular weight excluding hydrogens is 366 g/mol. The Labute approximate surface area is 157 Å². The molecule has 10 heteroatoms. The second-order valence-electron chi connectivity index (χ2n) is 5.69. The van der Waals surface area contributed by atoms with Crippen LogP contribution in [-0.4, -0.2) is 50.3 Å². The van der Waals surface area contributed by atoms with Crippen LogP contribution in [0, 0.1) is 10.1 Å². The fourth-order valence-corrected chi connectivity index (χ4v) is 2.79. The molecule has 1 saturated heterocycles. The minimum Gasteiger partial charge on any atom is -0.493 e. The summed E-state index contributed by atoms with van der Waals surface area (Å²) in [5, 5.41) is 14.0. The summed E-state index contributed by atoms with van der Waals surface area (Å²) in [5.74, 6) is 0.465. The van der Waals surface area contributed by atoms with Crippen LogP contribution in [0.15, 0.2) is 12.1 Å². The van der Waals surface area contributed by atoms with Gasteiger partial charge in [0, 0.05) is 18.7 Å². The van der Waals surface area contributed by atoms with Crippen LogP contribution < -0.4 is 20.5 Å². The van der Waals surface area contributed by atoms with E-state index >= 15 is 0 Å². The number of ether oxygens (including phenoxy) is 3. The van der Waals surface area contributed by atoms with E-state index in [9.17, 15) is 14.9 Å². The van der Waals surface area contributed by atoms with Crippen molar-refractivity contribution in [2.75, 3.05) is 27.3 Å². The summed E-state index contributed by atoms with van der Waals surface area (Å²) >= 11 is 0. The molecule has 1 aliphatic rings. The zero-order valence-corrected chi connectivity index (χ0v) is 15.5. The Balaban J connectivity index is 0.00000338. The Kier molecular flexibility index (Phi) is 8.56. The fourth-order valence-electron chi connectivity index (χ4n) is 2.79. The maximum Gasteiger partial charge on any atom is 0.276 e. The van der Waals surface area contributed by atoms with E-state index in [0.717, 1.165) is 6.42 Å². The lowest BCUT2D eigenvalue weighted by atomic mass is 10.1. The van der Waals surface area contributed by atoms with Crippen LogP contribution in [0.2, 0.25) is 0 Å². The third kappa shape index (κ3) is 5.20. The largest absolute Gasteiger partial charge is 0.493 e. The summed E-state index contributed by atoms with van der Waals surface area (Å²) in [7, 11) is 2.87. The van der Waals surface area contributed by atoms with Crippen molar-refractivity contribution >= 4 is 24.0 Å². The first-order valence-electron chi connectivity index (χ1n) is 8.02. The number of halogens is 1. The third-order valence-corrected chi connectivity index (χ3v) is 4.14. The van der Waals surface area contributed by atoms with E-state index in [-0.39, 0.29) is 48.8 Å². The molecule has 146 valence electrons. The van der Waals surface area contributed by atoms with Gasteiger partial charge in [-0.05, 0) is 25.3 Å². The summed E-state index contributed by atoms with van der Waals surface area (Å²) in [5.41, 5.74) is 5.90. The molecule has 2 atom stereocenters. The van der Waals surface area contributed by atoms with E-state index in [2.05, 4.69) is 5.32 Å². The molecule has 1 amide bonds. The van der Waals surface area contributed by atoms with Gasteiger partial charge in [-0.1, -0.05) is 0 Å². The van der Waals surface area contributed by atoms with Gasteiger partial charge in [-0.15, -0.1) is 12.4 Å². The highest BCUT2D eigenvalue weighted by atomic mass is 35.5. The quantitative estimate of drug-likeness (QED) is 0.505. The number of nitrogens with zero attached hydrogens (tertiary/aromatic N) is 1. The molecule has 2 rings (SSSR count). The number of nitrogens with two attached hydrogens (primary N) is 1. The molecule has 0 spiro atoms. The first-order chi connectivity index (χ1) is 12.0. The number of methoxy groups -OCH3 is 2. The normalized spacial score (nSPS) is 18.7. The molecule has 1 aliphatic heterocycles. The predicted molar refractivity (Wildman–Crippen MR) is 97.1 cm³/mol. The molecule has 1 aromatic rings. The number of rotatable bonds is 8. The summed E-state index contributed by atoms with van der Waals surface area (Å²) in [4.78, 5) is 22.9. The maximum atomic E-state index is 12.1. The van der Waals surface area contributed by atoms with Crippen molar-refractivity contribution in [3.8, 4) is 11.5 Å². The lowest BCUT2D eigenvalue weighted by molar-refractivity contribution is -0.385. The summed E-state index contributed by atoms with van der Waals surface area (Å²) in [6.07, 6.45) is 1.09. The number of benzene rings is 1. The number of nitro benzene ring substituents is 1. The van der Waals surface area contributed by atoms with Crippen molar-refractivity contribution in [3.05, 3.63) is 27.8 Å². The van der Waals surface area contributed by atoms with E-state index in [1.54, 1.807) is 6.07 Å². The first kappa shape index (κ1) is 21.9. The summed E-state index contributed by atoms with van der Waals surface area (Å²) < 4.78 is 15.8. The summed E-state index contributed by atoms with van der Waals surface area (Å²) in [6.45, 7) is 0.643. The molecule has 1 heterocycles. The van der Waals surface area contributed by atoms with Crippen molar-refractivity contribution in [1.82, 2.24) is 5.32 Å². The number of nitro groups is 1. The minimum absolute atomic E-state index is 0. The smallest absolute Gasteiger partial charge is 0.276 e. The third-order valence-electron chi connectivity index (χ3n) is 4.14. The Morgan fingerprint density at radius 3 is 2.54 bits per heavy atom. The maximum absolute atomic E-state index is 12.1. The van der Waals surface area contributed by atoms with Crippen molar-refractivity contribution in [3.63, 3.8) is 0 Å². The van der Waals surface area contributed by atoms with Gasteiger partial charge in [-0.2, -0.15) is 0 Å². The van der Waals surface area contributed by atoms with Gasteiger partial charge >= 0.3 is 0 Å². The minimum atomic E-state index is -0.506. The van der Waals surface area contributed by atoms with E-state index in [1.807, 2.05) is 0 Å². The lowest BCUT2D eigenvalue weighted by Crippen LogP contribution is -2.36. The molecule has 0 aromatic heterocycles. The second-order valence-corrected chi connectivity index (χ2v) is 5.69. The van der Waals surface area contributed by atoms with Crippen LogP contribution in [0.1, 0.15) is 18.4 Å². The number of amides is 1. The highest BCUT2D eigenvalue weighted by molar-refractivity contribution is 5.85. The number of hydrogen-bond donors (Lipinski definition) is 2. The van der Waals surface area contributed by atoms with Crippen LogP contribution in [0.3, 0.4) is 0 Å². The average Bonchev–Trinajstić information content (AvgIpc) is 3.10. The van der Waals surface area contributed by atoms with Crippen LogP contribution in [0.4, 0.5) is 5.69 Å². The topological polar surface area (TPSA) is 126 Å². The van der Waals surface area contributed by atoms with Gasteiger partial charge in [-0.25, -0.2) is 0 Å². The Hall–Kier alpha value is -2.10. The van der Waals surface area contributed by atoms with Gasteiger partial charge in [0.25, 0.3) is 5.69 Å². The highest BCUT2D eigenvalue weighted by Gasteiger charge is 2.29. The Bertz CT molecular complexity index is 643. The average molecular weight is 390 g/mol. The Morgan fingerprint density at radius 2 is 2.00 bits per heavy atom. The molecular formula is C16H24ClN3O6. The zero-order chi connectivity index (χ0) is 18.4. The van der Waals surface area contributed by atoms with Crippen molar-refractivity contribution in [2.24, 2.45) is 5.73 Å². The van der Waals surface area contributed by atoms with Crippen LogP contribution >= 0.6 is 12.4 Å². The van der Waals surface area contributed by atoms with E-state index in [1.165, 1.54) is 20.3 Å². The van der Waals surface area contributed by atoms with E-state index in [4.69, 9.17) is 19.9 Å². The van der Waals surface area contributed by atoms with Crippen molar-refractivity contribution in [2.45, 2.75) is 31.5 Å². The van der Waals surface area contributed by atoms with Crippen molar-refractivity contribution in [1.29, 1.82) is 0 Å². The highest BCUT2D eigenvalue weighted by Crippen LogP contribution is 2.34. The van der Waals surface area contributed by atoms with Gasteiger partial charge in [-0.3, -0.25) is 14.9 Å². The number of hydrogen-bond acceptors (Lipinski definition) is 7. The van der Waals surface area contributed by atoms with Gasteiger partial charge in [0.15, 0.2) is 11.5 Å². The SMILES string of the molecule is COc1cc(CCNC(=O)[C@@H]2CC[C@H](CN)O2)c([N+](=O)[O-])cc1OC.Cl. The van der Waals surface area contributed by atoms with E-state index < -0.39 is 11.0 Å². The van der Waals surface area contributed by atoms with Gasteiger partial charge in [0.1, 0.15) is 6.10 Å². The fraction of sp³-hybridized carbons (Fsp3) is 0.562.